The van der Waals surface area contributed by atoms with E-state index in [0.717, 1.165) is 49.6 Å². The van der Waals surface area contributed by atoms with Gasteiger partial charge in [0.25, 0.3) is 0 Å². The molecular formula is C17H21N3O2. The average Bonchev–Trinajstić information content (AvgIpc) is 3.17. The van der Waals surface area contributed by atoms with Crippen molar-refractivity contribution in [2.45, 2.75) is 19.3 Å². The summed E-state index contributed by atoms with van der Waals surface area (Å²) in [6, 6.07) is 7.97. The first-order valence-electron chi connectivity index (χ1n) is 8.09. The molecule has 1 N–H and O–H groups in total. The molecule has 2 aliphatic rings. The van der Waals surface area contributed by atoms with Crippen molar-refractivity contribution >= 4 is 16.9 Å². The summed E-state index contributed by atoms with van der Waals surface area (Å²) >= 11 is 0. The van der Waals surface area contributed by atoms with Gasteiger partial charge >= 0.3 is 0 Å². The fourth-order valence-corrected chi connectivity index (χ4v) is 3.59. The molecular weight excluding hydrogens is 278 g/mol. The van der Waals surface area contributed by atoms with Gasteiger partial charge in [-0.2, -0.15) is 0 Å². The first-order chi connectivity index (χ1) is 10.8. The summed E-state index contributed by atoms with van der Waals surface area (Å²) < 4.78 is 5.53. The molecule has 2 saturated heterocycles. The van der Waals surface area contributed by atoms with Crippen LogP contribution in [0, 0.1) is 11.8 Å². The summed E-state index contributed by atoms with van der Waals surface area (Å²) in [6.45, 7) is 3.44. The molecule has 116 valence electrons. The molecule has 1 aromatic heterocycles. The van der Waals surface area contributed by atoms with Crippen LogP contribution in [0.3, 0.4) is 0 Å². The van der Waals surface area contributed by atoms with Crippen molar-refractivity contribution in [1.29, 1.82) is 0 Å². The van der Waals surface area contributed by atoms with Crippen LogP contribution in [-0.4, -0.2) is 47.1 Å². The highest BCUT2D eigenvalue weighted by Gasteiger charge is 2.35. The fraction of sp³-hybridized carbons (Fsp3) is 0.529. The van der Waals surface area contributed by atoms with Crippen LogP contribution in [0.1, 0.15) is 18.7 Å². The van der Waals surface area contributed by atoms with E-state index in [2.05, 4.69) is 9.97 Å². The molecule has 0 radical (unpaired) electrons. The number of carbonyl (C=O) groups is 1. The molecule has 0 saturated carbocycles. The number of aromatic nitrogens is 2. The predicted molar refractivity (Wildman–Crippen MR) is 83.4 cm³/mol. The number of imidazole rings is 1. The van der Waals surface area contributed by atoms with Crippen molar-refractivity contribution in [3.8, 4) is 0 Å². The monoisotopic (exact) mass is 299 g/mol. The minimum absolute atomic E-state index is 0.241. The zero-order chi connectivity index (χ0) is 14.9. The molecule has 3 heterocycles. The second-order valence-electron chi connectivity index (χ2n) is 6.39. The predicted octanol–water partition coefficient (Wildman–Crippen LogP) is 1.99. The molecule has 2 aromatic rings. The van der Waals surface area contributed by atoms with Gasteiger partial charge in [0.05, 0.1) is 17.6 Å². The van der Waals surface area contributed by atoms with E-state index in [1.165, 1.54) is 0 Å². The average molecular weight is 299 g/mol. The number of para-hydroxylation sites is 2. The van der Waals surface area contributed by atoms with Crippen LogP contribution < -0.4 is 0 Å². The number of hydrogen-bond acceptors (Lipinski definition) is 3. The van der Waals surface area contributed by atoms with Crippen molar-refractivity contribution in [3.05, 3.63) is 30.1 Å². The third-order valence-electron chi connectivity index (χ3n) is 4.92. The Morgan fingerprint density at radius 3 is 3.09 bits per heavy atom. The number of ether oxygens (including phenoxy) is 1. The number of aromatic amines is 1. The lowest BCUT2D eigenvalue weighted by atomic mass is 9.88. The number of aryl methyl sites for hydroxylation is 1. The van der Waals surface area contributed by atoms with Crippen LogP contribution >= 0.6 is 0 Å². The molecule has 0 aliphatic carbocycles. The van der Waals surface area contributed by atoms with E-state index in [1.807, 2.05) is 29.2 Å². The molecule has 4 rings (SSSR count). The number of hydrogen-bond donors (Lipinski definition) is 1. The fourth-order valence-electron chi connectivity index (χ4n) is 3.59. The van der Waals surface area contributed by atoms with Crippen LogP contribution in [0.5, 0.6) is 0 Å². The lowest BCUT2D eigenvalue weighted by Crippen LogP contribution is -2.43. The molecule has 2 unspecified atom stereocenters. The van der Waals surface area contributed by atoms with Gasteiger partial charge in [0.15, 0.2) is 0 Å². The quantitative estimate of drug-likeness (QED) is 0.943. The Morgan fingerprint density at radius 1 is 1.32 bits per heavy atom. The first-order valence-corrected chi connectivity index (χ1v) is 8.09. The Hall–Kier alpha value is -1.88. The smallest absolute Gasteiger partial charge is 0.223 e. The third kappa shape index (κ3) is 2.61. The van der Waals surface area contributed by atoms with E-state index in [1.54, 1.807) is 0 Å². The van der Waals surface area contributed by atoms with E-state index in [0.29, 0.717) is 24.7 Å². The SMILES string of the molecule is O=C(CCc1nc2ccccc2[nH]1)N1CCC2COCC2C1. The van der Waals surface area contributed by atoms with Crippen molar-refractivity contribution in [2.24, 2.45) is 11.8 Å². The number of nitrogens with zero attached hydrogens (tertiary/aromatic N) is 2. The first kappa shape index (κ1) is 13.8. The van der Waals surface area contributed by atoms with Crippen LogP contribution in [0.15, 0.2) is 24.3 Å². The molecule has 5 heteroatoms. The molecule has 2 aliphatic heterocycles. The molecule has 0 bridgehead atoms. The van der Waals surface area contributed by atoms with Gasteiger partial charge < -0.3 is 14.6 Å². The van der Waals surface area contributed by atoms with E-state index < -0.39 is 0 Å². The summed E-state index contributed by atoms with van der Waals surface area (Å²) in [5.74, 6) is 2.35. The molecule has 0 spiro atoms. The number of carbonyl (C=O) groups excluding carboxylic acids is 1. The topological polar surface area (TPSA) is 58.2 Å². The zero-order valence-corrected chi connectivity index (χ0v) is 12.6. The lowest BCUT2D eigenvalue weighted by Gasteiger charge is -2.34. The second kappa shape index (κ2) is 5.72. The molecule has 22 heavy (non-hydrogen) atoms. The highest BCUT2D eigenvalue weighted by Crippen LogP contribution is 2.29. The van der Waals surface area contributed by atoms with Gasteiger partial charge in [-0.3, -0.25) is 4.79 Å². The number of piperidine rings is 1. The molecule has 5 nitrogen and oxygen atoms in total. The standard InChI is InChI=1S/C17H21N3O2/c21-17(20-8-7-12-10-22-11-13(12)9-20)6-5-16-18-14-3-1-2-4-15(14)19-16/h1-4,12-13H,5-11H2,(H,18,19). The number of rotatable bonds is 3. The Balaban J connectivity index is 1.36. The van der Waals surface area contributed by atoms with Crippen molar-refractivity contribution in [2.75, 3.05) is 26.3 Å². The minimum atomic E-state index is 0.241. The summed E-state index contributed by atoms with van der Waals surface area (Å²) in [5.41, 5.74) is 2.00. The molecule has 1 aromatic carbocycles. The van der Waals surface area contributed by atoms with E-state index in [-0.39, 0.29) is 5.91 Å². The van der Waals surface area contributed by atoms with Gasteiger partial charge in [-0.1, -0.05) is 12.1 Å². The maximum atomic E-state index is 12.4. The van der Waals surface area contributed by atoms with Gasteiger partial charge in [-0.25, -0.2) is 4.98 Å². The van der Waals surface area contributed by atoms with Crippen LogP contribution in [-0.2, 0) is 16.0 Å². The maximum absolute atomic E-state index is 12.4. The van der Waals surface area contributed by atoms with Crippen LogP contribution in [0.25, 0.3) is 11.0 Å². The number of nitrogens with one attached hydrogen (secondary N) is 1. The van der Waals surface area contributed by atoms with Crippen molar-refractivity contribution in [3.63, 3.8) is 0 Å². The maximum Gasteiger partial charge on any atom is 0.223 e. The lowest BCUT2D eigenvalue weighted by molar-refractivity contribution is -0.133. The number of H-pyrrole nitrogens is 1. The Bertz CT molecular complexity index is 648. The van der Waals surface area contributed by atoms with Crippen molar-refractivity contribution in [1.82, 2.24) is 14.9 Å². The highest BCUT2D eigenvalue weighted by atomic mass is 16.5. The number of fused-ring (bicyclic) bond motifs is 2. The number of likely N-dealkylation sites (tertiary alicyclic amines) is 1. The van der Waals surface area contributed by atoms with Crippen LogP contribution in [0.2, 0.25) is 0 Å². The normalized spacial score (nSPS) is 24.6. The summed E-state index contributed by atoms with van der Waals surface area (Å²) in [7, 11) is 0. The summed E-state index contributed by atoms with van der Waals surface area (Å²) in [4.78, 5) is 22.3. The summed E-state index contributed by atoms with van der Waals surface area (Å²) in [5, 5.41) is 0. The third-order valence-corrected chi connectivity index (χ3v) is 4.92. The Morgan fingerprint density at radius 2 is 2.18 bits per heavy atom. The van der Waals surface area contributed by atoms with Crippen LogP contribution in [0.4, 0.5) is 0 Å². The zero-order valence-electron chi connectivity index (χ0n) is 12.6. The highest BCUT2D eigenvalue weighted by molar-refractivity contribution is 5.77. The van der Waals surface area contributed by atoms with Gasteiger partial charge in [-0.15, -0.1) is 0 Å². The van der Waals surface area contributed by atoms with Gasteiger partial charge in [-0.05, 0) is 24.5 Å². The molecule has 1 amide bonds. The second-order valence-corrected chi connectivity index (χ2v) is 6.39. The summed E-state index contributed by atoms with van der Waals surface area (Å²) in [6.07, 6.45) is 2.29. The number of benzene rings is 1. The van der Waals surface area contributed by atoms with Gasteiger partial charge in [0.1, 0.15) is 5.82 Å². The minimum Gasteiger partial charge on any atom is -0.381 e. The van der Waals surface area contributed by atoms with E-state index >= 15 is 0 Å². The molecule has 2 fully saturated rings. The Kier molecular flexibility index (Phi) is 3.58. The van der Waals surface area contributed by atoms with E-state index in [4.69, 9.17) is 4.74 Å². The van der Waals surface area contributed by atoms with Gasteiger partial charge in [0, 0.05) is 38.5 Å². The molecule has 2 atom stereocenters. The largest absolute Gasteiger partial charge is 0.381 e. The van der Waals surface area contributed by atoms with E-state index in [9.17, 15) is 4.79 Å². The van der Waals surface area contributed by atoms with Gasteiger partial charge in [0.2, 0.25) is 5.91 Å². The Labute approximate surface area is 129 Å². The number of amides is 1. The van der Waals surface area contributed by atoms with Crippen molar-refractivity contribution < 1.29 is 9.53 Å².